The van der Waals surface area contributed by atoms with Gasteiger partial charge < -0.3 is 15.4 Å². The Morgan fingerprint density at radius 1 is 1.11 bits per heavy atom. The maximum absolute atomic E-state index is 12.7. The Morgan fingerprint density at radius 3 is 2.26 bits per heavy atom. The smallest absolute Gasteiger partial charge is 0.328 e. The third-order valence-electron chi connectivity index (χ3n) is 3.85. The SMILES string of the molecule is COC(=O)C(CCSC)NC(=O)C(CC(C)C)NC(=O)c1ccc(Cl)cc1. The van der Waals surface area contributed by atoms with Crippen molar-refractivity contribution in [1.82, 2.24) is 10.6 Å². The predicted molar refractivity (Wildman–Crippen MR) is 109 cm³/mol. The fourth-order valence-corrected chi connectivity index (χ4v) is 3.04. The molecule has 0 bridgehead atoms. The minimum Gasteiger partial charge on any atom is -0.467 e. The van der Waals surface area contributed by atoms with Gasteiger partial charge in [0.2, 0.25) is 5.91 Å². The van der Waals surface area contributed by atoms with E-state index in [0.717, 1.165) is 0 Å². The molecule has 2 atom stereocenters. The van der Waals surface area contributed by atoms with Crippen molar-refractivity contribution in [3.05, 3.63) is 34.9 Å². The molecule has 0 saturated heterocycles. The first-order valence-electron chi connectivity index (χ1n) is 8.72. The lowest BCUT2D eigenvalue weighted by Gasteiger charge is -2.23. The standard InChI is InChI=1S/C19H27ClN2O4S/c1-12(2)11-16(22-17(23)13-5-7-14(20)8-6-13)18(24)21-15(9-10-27-4)19(25)26-3/h5-8,12,15-16H,9-11H2,1-4H3,(H,21,24)(H,22,23). The molecule has 0 saturated carbocycles. The molecule has 2 N–H and O–H groups in total. The fraction of sp³-hybridized carbons (Fsp3) is 0.526. The van der Waals surface area contributed by atoms with Crippen LogP contribution in [0.5, 0.6) is 0 Å². The number of halogens is 1. The molecular weight excluding hydrogens is 388 g/mol. The van der Waals surface area contributed by atoms with Crippen molar-refractivity contribution < 1.29 is 19.1 Å². The van der Waals surface area contributed by atoms with E-state index in [9.17, 15) is 14.4 Å². The van der Waals surface area contributed by atoms with Gasteiger partial charge in [-0.3, -0.25) is 9.59 Å². The van der Waals surface area contributed by atoms with Crippen LogP contribution in [0.2, 0.25) is 5.02 Å². The maximum Gasteiger partial charge on any atom is 0.328 e. The summed E-state index contributed by atoms with van der Waals surface area (Å²) in [6, 6.07) is 4.93. The predicted octanol–water partition coefficient (Wildman–Crippen LogP) is 2.90. The number of esters is 1. The molecular formula is C19H27ClN2O4S. The summed E-state index contributed by atoms with van der Waals surface area (Å²) in [4.78, 5) is 37.1. The lowest BCUT2D eigenvalue weighted by atomic mass is 10.0. The second-order valence-electron chi connectivity index (χ2n) is 6.53. The first-order valence-corrected chi connectivity index (χ1v) is 10.5. The van der Waals surface area contributed by atoms with Gasteiger partial charge in [-0.2, -0.15) is 11.8 Å². The second kappa shape index (κ2) is 11.9. The molecule has 0 aliphatic carbocycles. The highest BCUT2D eigenvalue weighted by Gasteiger charge is 2.27. The fourth-order valence-electron chi connectivity index (χ4n) is 2.44. The Kier molecular flexibility index (Phi) is 10.3. The highest BCUT2D eigenvalue weighted by molar-refractivity contribution is 7.98. The average molecular weight is 415 g/mol. The molecule has 0 aliphatic heterocycles. The molecule has 1 rings (SSSR count). The van der Waals surface area contributed by atoms with Crippen LogP contribution in [0, 0.1) is 5.92 Å². The van der Waals surface area contributed by atoms with Gasteiger partial charge in [0.1, 0.15) is 12.1 Å². The number of benzene rings is 1. The number of ether oxygens (including phenoxy) is 1. The number of carbonyl (C=O) groups excluding carboxylic acids is 3. The summed E-state index contributed by atoms with van der Waals surface area (Å²) in [5, 5.41) is 5.99. The molecule has 0 spiro atoms. The third kappa shape index (κ3) is 8.22. The van der Waals surface area contributed by atoms with E-state index in [1.807, 2.05) is 20.1 Å². The summed E-state index contributed by atoms with van der Waals surface area (Å²) in [6.45, 7) is 3.92. The lowest BCUT2D eigenvalue weighted by Crippen LogP contribution is -2.52. The normalized spacial score (nSPS) is 13.0. The zero-order valence-electron chi connectivity index (χ0n) is 16.1. The van der Waals surface area contributed by atoms with Crippen molar-refractivity contribution in [3.63, 3.8) is 0 Å². The molecule has 0 fully saturated rings. The number of amides is 2. The molecule has 8 heteroatoms. The van der Waals surface area contributed by atoms with Gasteiger partial charge in [-0.05, 0) is 55.0 Å². The van der Waals surface area contributed by atoms with E-state index in [1.165, 1.54) is 7.11 Å². The Labute approximate surface area is 169 Å². The first-order chi connectivity index (χ1) is 12.8. The van der Waals surface area contributed by atoms with Gasteiger partial charge in [0.25, 0.3) is 5.91 Å². The Bertz CT molecular complexity index is 637. The number of carbonyl (C=O) groups is 3. The van der Waals surface area contributed by atoms with Crippen LogP contribution in [0.25, 0.3) is 0 Å². The summed E-state index contributed by atoms with van der Waals surface area (Å²) in [6.07, 6.45) is 2.82. The van der Waals surface area contributed by atoms with Crippen molar-refractivity contribution in [2.24, 2.45) is 5.92 Å². The molecule has 6 nitrogen and oxygen atoms in total. The molecule has 27 heavy (non-hydrogen) atoms. The topological polar surface area (TPSA) is 84.5 Å². The van der Waals surface area contributed by atoms with Gasteiger partial charge in [-0.15, -0.1) is 0 Å². The third-order valence-corrected chi connectivity index (χ3v) is 4.74. The molecule has 150 valence electrons. The van der Waals surface area contributed by atoms with Crippen LogP contribution in [0.3, 0.4) is 0 Å². The van der Waals surface area contributed by atoms with Gasteiger partial charge in [-0.25, -0.2) is 4.79 Å². The van der Waals surface area contributed by atoms with Crippen LogP contribution in [-0.2, 0) is 14.3 Å². The van der Waals surface area contributed by atoms with E-state index in [2.05, 4.69) is 10.6 Å². The zero-order valence-corrected chi connectivity index (χ0v) is 17.7. The van der Waals surface area contributed by atoms with Crippen LogP contribution < -0.4 is 10.6 Å². The molecule has 1 aromatic rings. The minimum absolute atomic E-state index is 0.175. The molecule has 1 aromatic carbocycles. The highest BCUT2D eigenvalue weighted by Crippen LogP contribution is 2.12. The number of rotatable bonds is 10. The summed E-state index contributed by atoms with van der Waals surface area (Å²) >= 11 is 7.42. The second-order valence-corrected chi connectivity index (χ2v) is 7.95. The number of nitrogens with one attached hydrogen (secondary N) is 2. The monoisotopic (exact) mass is 414 g/mol. The highest BCUT2D eigenvalue weighted by atomic mass is 35.5. The van der Waals surface area contributed by atoms with Crippen molar-refractivity contribution in [2.45, 2.75) is 38.8 Å². The summed E-state index contributed by atoms with van der Waals surface area (Å²) in [7, 11) is 1.29. The largest absolute Gasteiger partial charge is 0.467 e. The summed E-state index contributed by atoms with van der Waals surface area (Å²) in [5.74, 6) is -0.390. The van der Waals surface area contributed by atoms with Gasteiger partial charge in [-0.1, -0.05) is 25.4 Å². The van der Waals surface area contributed by atoms with E-state index in [0.29, 0.717) is 29.2 Å². The van der Waals surface area contributed by atoms with Crippen molar-refractivity contribution in [2.75, 3.05) is 19.1 Å². The van der Waals surface area contributed by atoms with Crippen LogP contribution in [0.15, 0.2) is 24.3 Å². The van der Waals surface area contributed by atoms with Crippen molar-refractivity contribution in [3.8, 4) is 0 Å². The molecule has 0 radical (unpaired) electrons. The van der Waals surface area contributed by atoms with Crippen LogP contribution in [0.4, 0.5) is 0 Å². The van der Waals surface area contributed by atoms with Gasteiger partial charge >= 0.3 is 5.97 Å². The number of hydrogen-bond donors (Lipinski definition) is 2. The van der Waals surface area contributed by atoms with Crippen LogP contribution in [-0.4, -0.2) is 49.0 Å². The van der Waals surface area contributed by atoms with Crippen LogP contribution in [0.1, 0.15) is 37.0 Å². The Balaban J connectivity index is 2.86. The summed E-state index contributed by atoms with van der Waals surface area (Å²) in [5.41, 5.74) is 0.410. The quantitative estimate of drug-likeness (QED) is 0.575. The Morgan fingerprint density at radius 2 is 1.74 bits per heavy atom. The van der Waals surface area contributed by atoms with Crippen LogP contribution >= 0.6 is 23.4 Å². The zero-order chi connectivity index (χ0) is 20.4. The number of methoxy groups -OCH3 is 1. The van der Waals surface area contributed by atoms with Gasteiger partial charge in [0, 0.05) is 10.6 Å². The van der Waals surface area contributed by atoms with E-state index >= 15 is 0 Å². The maximum atomic E-state index is 12.7. The molecule has 0 aromatic heterocycles. The summed E-state index contributed by atoms with van der Waals surface area (Å²) < 4.78 is 4.77. The average Bonchev–Trinajstić information content (AvgIpc) is 2.63. The van der Waals surface area contributed by atoms with E-state index in [-0.39, 0.29) is 11.8 Å². The lowest BCUT2D eigenvalue weighted by molar-refractivity contribution is -0.145. The van der Waals surface area contributed by atoms with E-state index in [1.54, 1.807) is 36.0 Å². The molecule has 0 aliphatic rings. The first kappa shape index (κ1) is 23.3. The molecule has 2 unspecified atom stereocenters. The van der Waals surface area contributed by atoms with Gasteiger partial charge in [0.05, 0.1) is 7.11 Å². The van der Waals surface area contributed by atoms with Gasteiger partial charge in [0.15, 0.2) is 0 Å². The van der Waals surface area contributed by atoms with Crippen molar-refractivity contribution in [1.29, 1.82) is 0 Å². The van der Waals surface area contributed by atoms with E-state index in [4.69, 9.17) is 16.3 Å². The minimum atomic E-state index is -0.755. The molecule has 0 heterocycles. The molecule has 2 amide bonds. The van der Waals surface area contributed by atoms with Crippen molar-refractivity contribution >= 4 is 41.1 Å². The Hall–Kier alpha value is -1.73. The van der Waals surface area contributed by atoms with E-state index < -0.39 is 24.0 Å². The number of hydrogen-bond acceptors (Lipinski definition) is 5. The number of thioether (sulfide) groups is 1.